The minimum Gasteiger partial charge on any atom is -0.376 e. The van der Waals surface area contributed by atoms with E-state index in [1.807, 2.05) is 24.3 Å². The second-order valence-corrected chi connectivity index (χ2v) is 7.54. The van der Waals surface area contributed by atoms with Crippen LogP contribution in [0.15, 0.2) is 54.6 Å². The van der Waals surface area contributed by atoms with Crippen LogP contribution in [0.1, 0.15) is 30.5 Å². The molecule has 142 valence electrons. The minimum absolute atomic E-state index is 0.0335. The third-order valence-electron chi connectivity index (χ3n) is 5.79. The molecule has 0 bridgehead atoms. The molecule has 2 fully saturated rings. The van der Waals surface area contributed by atoms with Gasteiger partial charge in [0.25, 0.3) is 5.91 Å². The summed E-state index contributed by atoms with van der Waals surface area (Å²) in [6, 6.07) is 15.7. The summed E-state index contributed by atoms with van der Waals surface area (Å²) in [4.78, 5) is 14.8. The first-order valence-electron chi connectivity index (χ1n) is 9.31. The van der Waals surface area contributed by atoms with Crippen molar-refractivity contribution in [3.63, 3.8) is 0 Å². The number of hydrogen-bond acceptors (Lipinski definition) is 4. The Hall–Kier alpha value is -2.28. The van der Waals surface area contributed by atoms with Gasteiger partial charge in [-0.2, -0.15) is 0 Å². The van der Waals surface area contributed by atoms with Gasteiger partial charge in [0.2, 0.25) is 0 Å². The molecule has 2 saturated heterocycles. The Kier molecular flexibility index (Phi) is 4.72. The highest BCUT2D eigenvalue weighted by Crippen LogP contribution is 2.36. The fourth-order valence-corrected chi connectivity index (χ4v) is 4.22. The fraction of sp³-hybridized carbons (Fsp3) is 0.381. The highest BCUT2D eigenvalue weighted by Gasteiger charge is 2.45. The van der Waals surface area contributed by atoms with Gasteiger partial charge in [0, 0.05) is 30.6 Å². The van der Waals surface area contributed by atoms with Crippen molar-refractivity contribution in [2.75, 3.05) is 13.1 Å². The van der Waals surface area contributed by atoms with Gasteiger partial charge in [-0.15, -0.1) is 0 Å². The van der Waals surface area contributed by atoms with Gasteiger partial charge in [-0.3, -0.25) is 10.2 Å². The van der Waals surface area contributed by atoms with Crippen molar-refractivity contribution in [1.29, 1.82) is 0 Å². The number of hydrazine groups is 1. The summed E-state index contributed by atoms with van der Waals surface area (Å²) in [5.41, 5.74) is 6.03. The van der Waals surface area contributed by atoms with Gasteiger partial charge < -0.3 is 10.0 Å². The first-order valence-corrected chi connectivity index (χ1v) is 9.31. The van der Waals surface area contributed by atoms with Crippen molar-refractivity contribution in [3.05, 3.63) is 71.5 Å². The zero-order valence-electron chi connectivity index (χ0n) is 15.2. The van der Waals surface area contributed by atoms with Gasteiger partial charge in [-0.05, 0) is 25.0 Å². The number of amides is 1. The minimum atomic E-state index is -1.58. The number of carbonyl (C=O) groups excluding carboxylic acids is 1. The smallest absolute Gasteiger partial charge is 0.258 e. The monoisotopic (exact) mass is 369 g/mol. The molecule has 2 aliphatic rings. The van der Waals surface area contributed by atoms with Gasteiger partial charge in [0.1, 0.15) is 5.82 Å². The van der Waals surface area contributed by atoms with E-state index in [0.29, 0.717) is 24.2 Å². The molecule has 4 rings (SSSR count). The number of fused-ring (bicyclic) bond motifs is 1. The maximum atomic E-state index is 14.3. The number of likely N-dealkylation sites (tertiary alicyclic amines) is 1. The van der Waals surface area contributed by atoms with E-state index in [-0.39, 0.29) is 29.7 Å². The lowest BCUT2D eigenvalue weighted by molar-refractivity contribution is -0.152. The van der Waals surface area contributed by atoms with E-state index in [9.17, 15) is 14.3 Å². The van der Waals surface area contributed by atoms with Crippen molar-refractivity contribution in [3.8, 4) is 0 Å². The summed E-state index contributed by atoms with van der Waals surface area (Å²) in [7, 11) is 0. The molecule has 6 heteroatoms. The maximum absolute atomic E-state index is 14.3. The summed E-state index contributed by atoms with van der Waals surface area (Å²) in [5, 5.41) is 10.9. The number of halogens is 1. The summed E-state index contributed by atoms with van der Waals surface area (Å²) in [6.45, 7) is 2.56. The predicted molar refractivity (Wildman–Crippen MR) is 99.9 cm³/mol. The van der Waals surface area contributed by atoms with Gasteiger partial charge in [-0.25, -0.2) is 9.82 Å². The molecule has 4 atom stereocenters. The van der Waals surface area contributed by atoms with Crippen LogP contribution in [0.25, 0.3) is 0 Å². The molecular formula is C21H24FN3O2. The zero-order valence-corrected chi connectivity index (χ0v) is 15.2. The quantitative estimate of drug-likeness (QED) is 0.775. The molecule has 4 unspecified atom stereocenters. The Labute approximate surface area is 158 Å². The van der Waals surface area contributed by atoms with Gasteiger partial charge in [-0.1, -0.05) is 48.5 Å². The van der Waals surface area contributed by atoms with Crippen LogP contribution in [0, 0.1) is 11.7 Å². The molecule has 0 aromatic heterocycles. The fourth-order valence-electron chi connectivity index (χ4n) is 4.22. The highest BCUT2D eigenvalue weighted by molar-refractivity contribution is 5.86. The molecule has 27 heavy (non-hydrogen) atoms. The number of aliphatic hydroxyl groups is 1. The van der Waals surface area contributed by atoms with Crippen LogP contribution >= 0.6 is 0 Å². The van der Waals surface area contributed by atoms with Crippen LogP contribution in [-0.2, 0) is 10.4 Å². The Bertz CT molecular complexity index is 827. The number of carbonyl (C=O) groups is 1. The summed E-state index contributed by atoms with van der Waals surface area (Å²) in [6.07, 6.45) is 0.749. The predicted octanol–water partition coefficient (Wildman–Crippen LogP) is 2.10. The Morgan fingerprint density at radius 1 is 1.15 bits per heavy atom. The second-order valence-electron chi connectivity index (χ2n) is 7.54. The highest BCUT2D eigenvalue weighted by atomic mass is 19.1. The van der Waals surface area contributed by atoms with Crippen molar-refractivity contribution in [2.24, 2.45) is 5.92 Å². The van der Waals surface area contributed by atoms with Crippen LogP contribution in [0.4, 0.5) is 4.39 Å². The summed E-state index contributed by atoms with van der Waals surface area (Å²) in [5.74, 6) is -0.533. The molecule has 2 heterocycles. The van der Waals surface area contributed by atoms with Crippen molar-refractivity contribution < 1.29 is 14.3 Å². The number of rotatable bonds is 3. The van der Waals surface area contributed by atoms with Gasteiger partial charge in [0.15, 0.2) is 5.60 Å². The number of nitrogens with one attached hydrogen (secondary N) is 2. The van der Waals surface area contributed by atoms with E-state index < -0.39 is 5.60 Å². The molecule has 2 aliphatic heterocycles. The molecule has 1 amide bonds. The van der Waals surface area contributed by atoms with Crippen LogP contribution in [-0.4, -0.2) is 35.0 Å². The van der Waals surface area contributed by atoms with Crippen LogP contribution < -0.4 is 10.9 Å². The summed E-state index contributed by atoms with van der Waals surface area (Å²) >= 11 is 0. The van der Waals surface area contributed by atoms with E-state index in [2.05, 4.69) is 10.9 Å². The lowest BCUT2D eigenvalue weighted by Gasteiger charge is -2.39. The molecule has 2 aromatic rings. The average Bonchev–Trinajstić information content (AvgIpc) is 3.11. The SMILES string of the molecule is CC(O)(C(=O)N1CCC2NNC(c3ccccc3F)C2C1)c1ccccc1. The molecule has 3 N–H and O–H groups in total. The van der Waals surface area contributed by atoms with Gasteiger partial charge in [0.05, 0.1) is 6.04 Å². The van der Waals surface area contributed by atoms with Crippen LogP contribution in [0.2, 0.25) is 0 Å². The standard InChI is InChI=1S/C21H24FN3O2/c1-21(27,14-7-3-2-4-8-14)20(26)25-12-11-18-16(13-25)19(24-23-18)15-9-5-6-10-17(15)22/h2-10,16,18-19,23-24,27H,11-13H2,1H3. The van der Waals surface area contributed by atoms with Crippen LogP contribution in [0.3, 0.4) is 0 Å². The third kappa shape index (κ3) is 3.25. The lowest BCUT2D eigenvalue weighted by atomic mass is 9.84. The normalized spacial score (nSPS) is 27.1. The van der Waals surface area contributed by atoms with Crippen molar-refractivity contribution in [1.82, 2.24) is 15.8 Å². The Morgan fingerprint density at radius 2 is 1.85 bits per heavy atom. The topological polar surface area (TPSA) is 64.6 Å². The van der Waals surface area contributed by atoms with Crippen LogP contribution in [0.5, 0.6) is 0 Å². The van der Waals surface area contributed by atoms with Crippen molar-refractivity contribution in [2.45, 2.75) is 31.0 Å². The number of benzene rings is 2. The molecule has 0 saturated carbocycles. The molecule has 0 radical (unpaired) electrons. The Morgan fingerprint density at radius 3 is 2.59 bits per heavy atom. The number of nitrogens with zero attached hydrogens (tertiary/aromatic N) is 1. The zero-order chi connectivity index (χ0) is 19.0. The average molecular weight is 369 g/mol. The van der Waals surface area contributed by atoms with E-state index in [4.69, 9.17) is 0 Å². The first-order chi connectivity index (χ1) is 13.0. The van der Waals surface area contributed by atoms with Crippen molar-refractivity contribution >= 4 is 5.91 Å². The third-order valence-corrected chi connectivity index (χ3v) is 5.79. The molecule has 0 aliphatic carbocycles. The van der Waals surface area contributed by atoms with E-state index in [0.717, 1.165) is 6.42 Å². The first kappa shape index (κ1) is 18.1. The van der Waals surface area contributed by atoms with E-state index in [1.54, 1.807) is 29.2 Å². The molecule has 5 nitrogen and oxygen atoms in total. The molecule has 2 aromatic carbocycles. The Balaban J connectivity index is 1.55. The number of hydrogen-bond donors (Lipinski definition) is 3. The van der Waals surface area contributed by atoms with Gasteiger partial charge >= 0.3 is 0 Å². The second kappa shape index (κ2) is 7.03. The largest absolute Gasteiger partial charge is 0.376 e. The maximum Gasteiger partial charge on any atom is 0.258 e. The molecule has 0 spiro atoms. The van der Waals surface area contributed by atoms with E-state index in [1.165, 1.54) is 13.0 Å². The molecular weight excluding hydrogens is 345 g/mol. The number of piperidine rings is 1. The van der Waals surface area contributed by atoms with E-state index >= 15 is 0 Å². The lowest BCUT2D eigenvalue weighted by Crippen LogP contribution is -2.53. The summed E-state index contributed by atoms with van der Waals surface area (Å²) < 4.78 is 14.3.